The minimum absolute atomic E-state index is 0.304. The first-order chi connectivity index (χ1) is 15.6. The molecule has 0 atom stereocenters. The number of carbonyl (C=O) groups is 1. The van der Waals surface area contributed by atoms with Gasteiger partial charge in [-0.05, 0) is 54.5 Å². The van der Waals surface area contributed by atoms with E-state index in [4.69, 9.17) is 0 Å². The molecule has 1 aromatic heterocycles. The third-order valence-electron chi connectivity index (χ3n) is 7.81. The van der Waals surface area contributed by atoms with E-state index in [2.05, 4.69) is 51.2 Å². The highest BCUT2D eigenvalue weighted by molar-refractivity contribution is 5.92. The number of piperazine rings is 1. The van der Waals surface area contributed by atoms with Crippen molar-refractivity contribution in [2.75, 3.05) is 31.1 Å². The number of rotatable bonds is 4. The lowest BCUT2D eigenvalue weighted by Gasteiger charge is -2.37. The molecule has 0 bridgehead atoms. The van der Waals surface area contributed by atoms with Gasteiger partial charge in [0.15, 0.2) is 0 Å². The van der Waals surface area contributed by atoms with E-state index in [1.165, 1.54) is 22.4 Å². The van der Waals surface area contributed by atoms with Crippen molar-refractivity contribution in [1.82, 2.24) is 9.88 Å². The van der Waals surface area contributed by atoms with Crippen molar-refractivity contribution in [3.8, 4) is 0 Å². The van der Waals surface area contributed by atoms with E-state index in [-0.39, 0.29) is 0 Å². The molecule has 0 spiro atoms. The van der Waals surface area contributed by atoms with Crippen LogP contribution in [0.4, 0.5) is 5.69 Å². The van der Waals surface area contributed by atoms with Gasteiger partial charge in [-0.2, -0.15) is 0 Å². The van der Waals surface area contributed by atoms with Crippen LogP contribution in [0.5, 0.6) is 0 Å². The summed E-state index contributed by atoms with van der Waals surface area (Å²) < 4.78 is 0. The second-order valence-corrected chi connectivity index (χ2v) is 9.94. The molecule has 6 rings (SSSR count). The number of allylic oxidation sites excluding steroid dienone is 1. The van der Waals surface area contributed by atoms with E-state index < -0.39 is 5.60 Å². The van der Waals surface area contributed by atoms with Crippen LogP contribution in [0.15, 0.2) is 36.5 Å². The van der Waals surface area contributed by atoms with Gasteiger partial charge in [0.25, 0.3) is 0 Å². The molecule has 0 radical (unpaired) electrons. The summed E-state index contributed by atoms with van der Waals surface area (Å²) in [4.78, 5) is 21.5. The summed E-state index contributed by atoms with van der Waals surface area (Å²) in [6, 6.07) is 10.6. The maximum absolute atomic E-state index is 12.4. The standard InChI is InChI=1S/C27H31N3O2/c31-26(20-3-4-20)30-15-13-29(14-16-30)25-9-12-28-24-18-21(17-23(24)25)19-5-7-22(8-6-19)27(32)10-1-2-11-27/h5-9,12,17,20,32H,1-4,10-11,13-16,18H2. The SMILES string of the molecule is O=C(C1CC1)N1CCN(c2ccnc3c2C=C(c2ccc(C4(O)CCCC4)cc2)C3)CC1. The summed E-state index contributed by atoms with van der Waals surface area (Å²) in [6.07, 6.45) is 11.2. The Balaban J connectivity index is 1.20. The number of nitrogens with zero attached hydrogens (tertiary/aromatic N) is 3. The number of carbonyl (C=O) groups excluding carboxylic acids is 1. The van der Waals surface area contributed by atoms with Crippen LogP contribution in [-0.4, -0.2) is 47.1 Å². The van der Waals surface area contributed by atoms with E-state index >= 15 is 0 Å². The molecule has 1 saturated heterocycles. The summed E-state index contributed by atoms with van der Waals surface area (Å²) in [5, 5.41) is 10.9. The number of hydrogen-bond acceptors (Lipinski definition) is 4. The smallest absolute Gasteiger partial charge is 0.225 e. The highest BCUT2D eigenvalue weighted by atomic mass is 16.3. The first kappa shape index (κ1) is 20.0. The van der Waals surface area contributed by atoms with E-state index in [1.807, 2.05) is 6.20 Å². The van der Waals surface area contributed by atoms with Crippen LogP contribution in [0.3, 0.4) is 0 Å². The van der Waals surface area contributed by atoms with Crippen LogP contribution < -0.4 is 4.90 Å². The number of pyridine rings is 1. The summed E-state index contributed by atoms with van der Waals surface area (Å²) >= 11 is 0. The first-order valence-corrected chi connectivity index (χ1v) is 12.2. The summed E-state index contributed by atoms with van der Waals surface area (Å²) in [5.74, 6) is 0.662. The van der Waals surface area contributed by atoms with Crippen molar-refractivity contribution < 1.29 is 9.90 Å². The van der Waals surface area contributed by atoms with Gasteiger partial charge in [-0.3, -0.25) is 9.78 Å². The molecule has 166 valence electrons. The molecule has 1 amide bonds. The Morgan fingerprint density at radius 1 is 1.00 bits per heavy atom. The van der Waals surface area contributed by atoms with Crippen LogP contribution >= 0.6 is 0 Å². The van der Waals surface area contributed by atoms with Crippen LogP contribution in [-0.2, 0) is 16.8 Å². The fourth-order valence-electron chi connectivity index (χ4n) is 5.67. The second-order valence-electron chi connectivity index (χ2n) is 9.94. The topological polar surface area (TPSA) is 56.7 Å². The Hall–Kier alpha value is -2.66. The lowest BCUT2D eigenvalue weighted by molar-refractivity contribution is -0.132. The highest BCUT2D eigenvalue weighted by Crippen LogP contribution is 2.40. The van der Waals surface area contributed by atoms with Gasteiger partial charge in [0.05, 0.1) is 11.3 Å². The minimum atomic E-state index is -0.636. The monoisotopic (exact) mass is 429 g/mol. The van der Waals surface area contributed by atoms with Crippen LogP contribution in [0.25, 0.3) is 11.6 Å². The Kier molecular flexibility index (Phi) is 4.83. The number of benzene rings is 1. The maximum Gasteiger partial charge on any atom is 0.225 e. The molecule has 2 aromatic rings. The fraction of sp³-hybridized carbons (Fsp3) is 0.481. The average molecular weight is 430 g/mol. The summed E-state index contributed by atoms with van der Waals surface area (Å²) in [5.41, 5.74) is 6.50. The van der Waals surface area contributed by atoms with Gasteiger partial charge >= 0.3 is 0 Å². The van der Waals surface area contributed by atoms with Gasteiger partial charge in [0.1, 0.15) is 0 Å². The largest absolute Gasteiger partial charge is 0.385 e. The number of amides is 1. The molecule has 1 aromatic carbocycles. The van der Waals surface area contributed by atoms with Crippen molar-refractivity contribution in [3.05, 3.63) is 58.9 Å². The summed E-state index contributed by atoms with van der Waals surface area (Å²) in [7, 11) is 0. The number of aromatic nitrogens is 1. The number of aliphatic hydroxyl groups is 1. The van der Waals surface area contributed by atoms with Crippen molar-refractivity contribution in [1.29, 1.82) is 0 Å². The zero-order valence-corrected chi connectivity index (χ0v) is 18.6. The van der Waals surface area contributed by atoms with Crippen molar-refractivity contribution in [3.63, 3.8) is 0 Å². The van der Waals surface area contributed by atoms with Gasteiger partial charge in [0, 0.05) is 56.0 Å². The van der Waals surface area contributed by atoms with Crippen LogP contribution in [0.1, 0.15) is 60.9 Å². The second kappa shape index (κ2) is 7.73. The third kappa shape index (κ3) is 3.53. The van der Waals surface area contributed by atoms with Crippen LogP contribution in [0, 0.1) is 5.92 Å². The highest BCUT2D eigenvalue weighted by Gasteiger charge is 2.35. The van der Waals surface area contributed by atoms with E-state index in [1.54, 1.807) is 0 Å². The predicted molar refractivity (Wildman–Crippen MR) is 126 cm³/mol. The van der Waals surface area contributed by atoms with Gasteiger partial charge in [-0.1, -0.05) is 37.1 Å². The molecular weight excluding hydrogens is 398 g/mol. The lowest BCUT2D eigenvalue weighted by atomic mass is 9.90. The Bertz CT molecular complexity index is 1060. The molecule has 3 fully saturated rings. The lowest BCUT2D eigenvalue weighted by Crippen LogP contribution is -2.49. The fourth-order valence-corrected chi connectivity index (χ4v) is 5.67. The summed E-state index contributed by atoms with van der Waals surface area (Å²) in [6.45, 7) is 3.39. The molecule has 2 saturated carbocycles. The number of anilines is 1. The molecule has 1 aliphatic heterocycles. The Morgan fingerprint density at radius 3 is 2.41 bits per heavy atom. The molecule has 3 aliphatic carbocycles. The van der Waals surface area contributed by atoms with Gasteiger partial charge < -0.3 is 14.9 Å². The minimum Gasteiger partial charge on any atom is -0.385 e. The maximum atomic E-state index is 12.4. The average Bonchev–Trinajstić information content (AvgIpc) is 3.43. The van der Waals surface area contributed by atoms with Gasteiger partial charge in [0.2, 0.25) is 5.91 Å². The van der Waals surface area contributed by atoms with Crippen LogP contribution in [0.2, 0.25) is 0 Å². The van der Waals surface area contributed by atoms with E-state index in [9.17, 15) is 9.90 Å². The molecule has 2 heterocycles. The molecule has 5 heteroatoms. The molecule has 1 N–H and O–H groups in total. The number of fused-ring (bicyclic) bond motifs is 1. The van der Waals surface area contributed by atoms with E-state index in [0.717, 1.165) is 82.4 Å². The van der Waals surface area contributed by atoms with E-state index in [0.29, 0.717) is 11.8 Å². The van der Waals surface area contributed by atoms with Crippen molar-refractivity contribution in [2.24, 2.45) is 5.92 Å². The first-order valence-electron chi connectivity index (χ1n) is 12.2. The third-order valence-corrected chi connectivity index (χ3v) is 7.81. The van der Waals surface area contributed by atoms with Crippen molar-refractivity contribution in [2.45, 2.75) is 50.5 Å². The molecule has 32 heavy (non-hydrogen) atoms. The molecule has 5 nitrogen and oxygen atoms in total. The van der Waals surface area contributed by atoms with Crippen molar-refractivity contribution >= 4 is 23.2 Å². The predicted octanol–water partition coefficient (Wildman–Crippen LogP) is 4.00. The molecular formula is C27H31N3O2. The Labute approximate surface area is 189 Å². The molecule has 0 unspecified atom stereocenters. The Morgan fingerprint density at radius 2 is 1.72 bits per heavy atom. The number of hydrogen-bond donors (Lipinski definition) is 1. The normalized spacial score (nSPS) is 22.1. The molecule has 4 aliphatic rings. The van der Waals surface area contributed by atoms with Gasteiger partial charge in [-0.15, -0.1) is 0 Å². The quantitative estimate of drug-likeness (QED) is 0.798. The zero-order valence-electron chi connectivity index (χ0n) is 18.6. The van der Waals surface area contributed by atoms with Gasteiger partial charge in [-0.25, -0.2) is 0 Å². The zero-order chi connectivity index (χ0) is 21.7.